The van der Waals surface area contributed by atoms with Crippen LogP contribution in [0, 0.1) is 23.2 Å². The minimum Gasteiger partial charge on any atom is -0.0651 e. The molecule has 0 nitrogen and oxygen atoms in total. The first-order chi connectivity index (χ1) is 7.03. The molecule has 0 saturated heterocycles. The minimum absolute atomic E-state index is 0.745. The zero-order chi connectivity index (χ0) is 11.5. The normalized spacial score (nSPS) is 22.8. The lowest BCUT2D eigenvalue weighted by molar-refractivity contribution is 0.222. The molecule has 1 saturated carbocycles. The van der Waals surface area contributed by atoms with E-state index in [9.17, 15) is 0 Å². The highest BCUT2D eigenvalue weighted by Gasteiger charge is 2.48. The third-order valence-corrected chi connectivity index (χ3v) is 4.99. The van der Waals surface area contributed by atoms with Crippen LogP contribution in [0.2, 0.25) is 0 Å². The monoisotopic (exact) mass is 210 g/mol. The smallest absolute Gasteiger partial charge is 0.0248 e. The fourth-order valence-electron chi connectivity index (χ4n) is 3.05. The first-order valence-electron chi connectivity index (χ1n) is 7.03. The Bertz CT molecular complexity index is 176. The first kappa shape index (κ1) is 13.1. The summed E-state index contributed by atoms with van der Waals surface area (Å²) in [6.07, 6.45) is 8.69. The molecule has 0 bridgehead atoms. The third kappa shape index (κ3) is 3.23. The molecular formula is C15H30. The fraction of sp³-hybridized carbons (Fsp3) is 1.00. The molecule has 1 aliphatic carbocycles. The van der Waals surface area contributed by atoms with Gasteiger partial charge in [-0.2, -0.15) is 0 Å². The molecule has 2 unspecified atom stereocenters. The van der Waals surface area contributed by atoms with Gasteiger partial charge in [-0.1, -0.05) is 60.3 Å². The number of rotatable bonds is 7. The molecule has 0 amide bonds. The lowest BCUT2D eigenvalue weighted by atomic mass is 9.78. The van der Waals surface area contributed by atoms with E-state index in [1.807, 2.05) is 0 Å². The van der Waals surface area contributed by atoms with Crippen LogP contribution in [-0.2, 0) is 0 Å². The Morgan fingerprint density at radius 2 is 1.60 bits per heavy atom. The highest BCUT2D eigenvalue weighted by molar-refractivity contribution is 4.98. The Balaban J connectivity index is 2.22. The minimum atomic E-state index is 0.745. The molecule has 90 valence electrons. The second kappa shape index (κ2) is 5.37. The summed E-state index contributed by atoms with van der Waals surface area (Å²) in [5.74, 6) is 2.80. The van der Waals surface area contributed by atoms with Gasteiger partial charge in [0, 0.05) is 0 Å². The van der Waals surface area contributed by atoms with Gasteiger partial charge in [-0.05, 0) is 36.0 Å². The van der Waals surface area contributed by atoms with Crippen molar-refractivity contribution in [1.29, 1.82) is 0 Å². The summed E-state index contributed by atoms with van der Waals surface area (Å²) < 4.78 is 0. The van der Waals surface area contributed by atoms with Crippen molar-refractivity contribution in [3.8, 4) is 0 Å². The van der Waals surface area contributed by atoms with Crippen molar-refractivity contribution in [1.82, 2.24) is 0 Å². The van der Waals surface area contributed by atoms with Crippen molar-refractivity contribution in [2.75, 3.05) is 0 Å². The Kier molecular flexibility index (Phi) is 4.67. The fourth-order valence-corrected chi connectivity index (χ4v) is 3.05. The third-order valence-electron chi connectivity index (χ3n) is 4.99. The van der Waals surface area contributed by atoms with Gasteiger partial charge in [0.05, 0.1) is 0 Å². The van der Waals surface area contributed by atoms with Crippen LogP contribution in [0.25, 0.3) is 0 Å². The van der Waals surface area contributed by atoms with E-state index in [4.69, 9.17) is 0 Å². The maximum absolute atomic E-state index is 2.49. The van der Waals surface area contributed by atoms with E-state index in [1.54, 1.807) is 0 Å². The van der Waals surface area contributed by atoms with Crippen LogP contribution >= 0.6 is 0 Å². The van der Waals surface area contributed by atoms with Crippen LogP contribution in [0.4, 0.5) is 0 Å². The SMILES string of the molecule is CCC(C)CCCC(C)C1(C(C)C)CC1. The van der Waals surface area contributed by atoms with E-state index in [0.717, 1.165) is 23.2 Å². The predicted octanol–water partition coefficient (Wildman–Crippen LogP) is 5.28. The van der Waals surface area contributed by atoms with Crippen molar-refractivity contribution >= 4 is 0 Å². The second-order valence-corrected chi connectivity index (χ2v) is 6.23. The summed E-state index contributed by atoms with van der Waals surface area (Å²) >= 11 is 0. The lowest BCUT2D eigenvalue weighted by Crippen LogP contribution is -2.19. The van der Waals surface area contributed by atoms with E-state index < -0.39 is 0 Å². The molecule has 1 fully saturated rings. The maximum Gasteiger partial charge on any atom is -0.0248 e. The molecule has 0 aliphatic heterocycles. The molecule has 0 aromatic rings. The maximum atomic E-state index is 2.49. The van der Waals surface area contributed by atoms with Gasteiger partial charge in [-0.3, -0.25) is 0 Å². The summed E-state index contributed by atoms with van der Waals surface area (Å²) in [4.78, 5) is 0. The molecule has 15 heavy (non-hydrogen) atoms. The summed E-state index contributed by atoms with van der Waals surface area (Å²) in [6.45, 7) is 12.0. The zero-order valence-corrected chi connectivity index (χ0v) is 11.5. The van der Waals surface area contributed by atoms with Crippen LogP contribution in [0.1, 0.15) is 73.1 Å². The van der Waals surface area contributed by atoms with Crippen molar-refractivity contribution < 1.29 is 0 Å². The van der Waals surface area contributed by atoms with Gasteiger partial charge in [-0.25, -0.2) is 0 Å². The molecule has 2 atom stereocenters. The van der Waals surface area contributed by atoms with Crippen molar-refractivity contribution in [2.45, 2.75) is 73.1 Å². The second-order valence-electron chi connectivity index (χ2n) is 6.23. The highest BCUT2D eigenvalue weighted by atomic mass is 14.5. The van der Waals surface area contributed by atoms with E-state index in [1.165, 1.54) is 38.5 Å². The predicted molar refractivity (Wildman–Crippen MR) is 69.0 cm³/mol. The van der Waals surface area contributed by atoms with Crippen LogP contribution < -0.4 is 0 Å². The molecular weight excluding hydrogens is 180 g/mol. The van der Waals surface area contributed by atoms with Gasteiger partial charge < -0.3 is 0 Å². The quantitative estimate of drug-likeness (QED) is 0.536. The van der Waals surface area contributed by atoms with Gasteiger partial charge in [0.15, 0.2) is 0 Å². The van der Waals surface area contributed by atoms with Crippen LogP contribution in [0.5, 0.6) is 0 Å². The van der Waals surface area contributed by atoms with E-state index in [2.05, 4.69) is 34.6 Å². The highest BCUT2D eigenvalue weighted by Crippen LogP contribution is 2.58. The molecule has 0 spiro atoms. The summed E-state index contributed by atoms with van der Waals surface area (Å²) in [5.41, 5.74) is 0.745. The van der Waals surface area contributed by atoms with Crippen molar-refractivity contribution in [3.63, 3.8) is 0 Å². The summed E-state index contributed by atoms with van der Waals surface area (Å²) in [7, 11) is 0. The van der Waals surface area contributed by atoms with Crippen LogP contribution in [0.15, 0.2) is 0 Å². The van der Waals surface area contributed by atoms with Gasteiger partial charge in [0.1, 0.15) is 0 Å². The van der Waals surface area contributed by atoms with Gasteiger partial charge in [0.2, 0.25) is 0 Å². The molecule has 0 heteroatoms. The topological polar surface area (TPSA) is 0 Å². The summed E-state index contributed by atoms with van der Waals surface area (Å²) in [6, 6.07) is 0. The van der Waals surface area contributed by atoms with Gasteiger partial charge >= 0.3 is 0 Å². The largest absolute Gasteiger partial charge is 0.0651 e. The molecule has 0 N–H and O–H groups in total. The average molecular weight is 210 g/mol. The summed E-state index contributed by atoms with van der Waals surface area (Å²) in [5, 5.41) is 0. The van der Waals surface area contributed by atoms with Gasteiger partial charge in [-0.15, -0.1) is 0 Å². The Morgan fingerprint density at radius 3 is 2.00 bits per heavy atom. The number of hydrogen-bond donors (Lipinski definition) is 0. The van der Waals surface area contributed by atoms with Crippen LogP contribution in [-0.4, -0.2) is 0 Å². The van der Waals surface area contributed by atoms with Crippen molar-refractivity contribution in [2.24, 2.45) is 23.2 Å². The molecule has 0 aromatic heterocycles. The molecule has 0 radical (unpaired) electrons. The Hall–Kier alpha value is 0. The molecule has 0 aromatic carbocycles. The zero-order valence-electron chi connectivity index (χ0n) is 11.5. The van der Waals surface area contributed by atoms with E-state index in [0.29, 0.717) is 0 Å². The number of hydrogen-bond acceptors (Lipinski definition) is 0. The lowest BCUT2D eigenvalue weighted by Gasteiger charge is -2.27. The van der Waals surface area contributed by atoms with E-state index >= 15 is 0 Å². The standard InChI is InChI=1S/C15H30/c1-6-13(4)8-7-9-14(5)15(10-11-15)12(2)3/h12-14H,6-11H2,1-5H3. The van der Waals surface area contributed by atoms with Crippen molar-refractivity contribution in [3.05, 3.63) is 0 Å². The van der Waals surface area contributed by atoms with Crippen LogP contribution in [0.3, 0.4) is 0 Å². The Morgan fingerprint density at radius 1 is 1.00 bits per heavy atom. The van der Waals surface area contributed by atoms with Gasteiger partial charge in [0.25, 0.3) is 0 Å². The molecule has 0 heterocycles. The average Bonchev–Trinajstić information content (AvgIpc) is 2.97. The Labute approximate surface area is 96.8 Å². The van der Waals surface area contributed by atoms with E-state index in [-0.39, 0.29) is 0 Å². The molecule has 1 rings (SSSR count). The first-order valence-corrected chi connectivity index (χ1v) is 7.03. The molecule has 1 aliphatic rings.